The summed E-state index contributed by atoms with van der Waals surface area (Å²) in [5.41, 5.74) is -1.29. The predicted molar refractivity (Wildman–Crippen MR) is 137 cm³/mol. The van der Waals surface area contributed by atoms with Crippen molar-refractivity contribution >= 4 is 81.2 Å². The number of carbonyl (C=O) groups excluding carboxylic acids is 2. The van der Waals surface area contributed by atoms with Gasteiger partial charge >= 0.3 is 6.18 Å². The number of hydrogen-bond donors (Lipinski definition) is 2. The van der Waals surface area contributed by atoms with Crippen molar-refractivity contribution in [3.8, 4) is 0 Å². The van der Waals surface area contributed by atoms with Gasteiger partial charge in [0.15, 0.2) is 0 Å². The van der Waals surface area contributed by atoms with E-state index in [1.807, 2.05) is 0 Å². The molecule has 1 saturated carbocycles. The lowest BCUT2D eigenvalue weighted by Gasteiger charge is -2.12. The molecule has 0 saturated heterocycles. The molecule has 0 aliphatic heterocycles. The van der Waals surface area contributed by atoms with Gasteiger partial charge in [-0.25, -0.2) is 4.39 Å². The van der Waals surface area contributed by atoms with Gasteiger partial charge in [-0.1, -0.05) is 34.8 Å². The lowest BCUT2D eigenvalue weighted by atomic mass is 10.1. The lowest BCUT2D eigenvalue weighted by molar-refractivity contribution is -0.140. The molecule has 3 aromatic carbocycles. The number of anilines is 2. The molecular weight excluding hydrogens is 602 g/mol. The van der Waals surface area contributed by atoms with E-state index in [9.17, 15) is 27.2 Å². The molecule has 2 atom stereocenters. The van der Waals surface area contributed by atoms with Gasteiger partial charge in [-0.15, -0.1) is 23.2 Å². The lowest BCUT2D eigenvalue weighted by Crippen LogP contribution is -2.18. The van der Waals surface area contributed by atoms with Crippen LogP contribution in [0, 0.1) is 11.7 Å². The van der Waals surface area contributed by atoms with Gasteiger partial charge in [0.25, 0.3) is 5.91 Å². The highest BCUT2D eigenvalue weighted by molar-refractivity contribution is 6.53. The number of carbonyl (C=O) groups is 2. The van der Waals surface area contributed by atoms with Crippen LogP contribution in [0.1, 0.15) is 27.4 Å². The van der Waals surface area contributed by atoms with Crippen molar-refractivity contribution in [2.75, 3.05) is 10.6 Å². The van der Waals surface area contributed by atoms with E-state index in [1.54, 1.807) is 12.1 Å². The Bertz CT molecular complexity index is 1390. The Morgan fingerprint density at radius 1 is 0.838 bits per heavy atom. The van der Waals surface area contributed by atoms with Crippen LogP contribution in [0.25, 0.3) is 0 Å². The molecule has 0 spiro atoms. The SMILES string of the molecule is O=C(Nc1ccc(F)c(C(F)(F)F)c1)c1cc(NC(=O)C2C(c3cc(Cl)cc(Cl)c3)C2(Cl)Cl)ccc1Cl. The fourth-order valence-electron chi connectivity index (χ4n) is 3.84. The summed E-state index contributed by atoms with van der Waals surface area (Å²) in [5, 5.41) is 5.48. The van der Waals surface area contributed by atoms with E-state index >= 15 is 0 Å². The van der Waals surface area contributed by atoms with Crippen molar-refractivity contribution in [3.63, 3.8) is 0 Å². The van der Waals surface area contributed by atoms with Gasteiger partial charge in [0.1, 0.15) is 10.2 Å². The molecule has 0 heterocycles. The van der Waals surface area contributed by atoms with E-state index in [1.165, 1.54) is 24.3 Å². The van der Waals surface area contributed by atoms with Gasteiger partial charge in [-0.05, 0) is 60.2 Å². The van der Waals surface area contributed by atoms with Gasteiger partial charge in [0.2, 0.25) is 5.91 Å². The molecule has 4 nitrogen and oxygen atoms in total. The molecule has 2 N–H and O–H groups in total. The standard InChI is InChI=1S/C24H13Cl5F4N2O2/c25-11-5-10(6-12(26)7-11)19-20(23(19,28)29)22(37)35-13-1-3-17(27)15(8-13)21(36)34-14-2-4-18(30)16(9-14)24(31,32)33/h1-9,19-20H,(H,34,36)(H,35,37). The van der Waals surface area contributed by atoms with E-state index in [0.29, 0.717) is 27.7 Å². The first-order valence-electron chi connectivity index (χ1n) is 10.3. The van der Waals surface area contributed by atoms with Crippen LogP contribution in [0.2, 0.25) is 15.1 Å². The highest BCUT2D eigenvalue weighted by atomic mass is 35.5. The molecule has 1 fully saturated rings. The van der Waals surface area contributed by atoms with Gasteiger partial charge in [-0.2, -0.15) is 13.2 Å². The molecule has 0 radical (unpaired) electrons. The van der Waals surface area contributed by atoms with Gasteiger partial charge in [-0.3, -0.25) is 9.59 Å². The van der Waals surface area contributed by atoms with Gasteiger partial charge < -0.3 is 10.6 Å². The van der Waals surface area contributed by atoms with Crippen LogP contribution in [0.4, 0.5) is 28.9 Å². The first kappa shape index (κ1) is 27.8. The first-order valence-corrected chi connectivity index (χ1v) is 12.2. The number of benzene rings is 3. The summed E-state index contributed by atoms with van der Waals surface area (Å²) >= 11 is 30.9. The maximum Gasteiger partial charge on any atom is 0.419 e. The summed E-state index contributed by atoms with van der Waals surface area (Å²) < 4.78 is 51.0. The van der Waals surface area contributed by atoms with Crippen LogP contribution in [-0.2, 0) is 11.0 Å². The van der Waals surface area contributed by atoms with E-state index in [-0.39, 0.29) is 22.0 Å². The summed E-state index contributed by atoms with van der Waals surface area (Å²) in [6.45, 7) is 0. The molecule has 4 rings (SSSR count). The number of hydrogen-bond acceptors (Lipinski definition) is 2. The fourth-order valence-corrected chi connectivity index (χ4v) is 5.41. The number of nitrogens with one attached hydrogen (secondary N) is 2. The van der Waals surface area contributed by atoms with Crippen LogP contribution < -0.4 is 10.6 Å². The smallest absolute Gasteiger partial charge is 0.326 e. The Labute approximate surface area is 232 Å². The molecule has 0 bridgehead atoms. The molecular formula is C24H13Cl5F4N2O2. The molecule has 2 unspecified atom stereocenters. The monoisotopic (exact) mass is 612 g/mol. The van der Waals surface area contributed by atoms with Crippen molar-refractivity contribution < 1.29 is 27.2 Å². The van der Waals surface area contributed by atoms with Crippen LogP contribution in [0.5, 0.6) is 0 Å². The minimum atomic E-state index is -4.95. The Morgan fingerprint density at radius 2 is 1.43 bits per heavy atom. The Kier molecular flexibility index (Phi) is 7.63. The first-order chi connectivity index (χ1) is 17.2. The summed E-state index contributed by atoms with van der Waals surface area (Å²) in [6.07, 6.45) is -4.95. The summed E-state index contributed by atoms with van der Waals surface area (Å²) in [7, 11) is 0. The highest BCUT2D eigenvalue weighted by Crippen LogP contribution is 2.65. The largest absolute Gasteiger partial charge is 0.419 e. The van der Waals surface area contributed by atoms with Gasteiger partial charge in [0.05, 0.1) is 22.1 Å². The molecule has 194 valence electrons. The minimum Gasteiger partial charge on any atom is -0.326 e. The molecule has 1 aliphatic rings. The van der Waals surface area contributed by atoms with Crippen LogP contribution in [-0.4, -0.2) is 16.1 Å². The van der Waals surface area contributed by atoms with Crippen molar-refractivity contribution in [3.05, 3.63) is 92.2 Å². The highest BCUT2D eigenvalue weighted by Gasteiger charge is 2.67. The van der Waals surface area contributed by atoms with Gasteiger partial charge in [0, 0.05) is 27.3 Å². The molecule has 2 amide bonds. The maximum atomic E-state index is 13.5. The second-order valence-electron chi connectivity index (χ2n) is 8.16. The zero-order chi connectivity index (χ0) is 27.3. The quantitative estimate of drug-likeness (QED) is 0.223. The Hall–Kier alpha value is -2.23. The third kappa shape index (κ3) is 5.94. The number of alkyl halides is 5. The topological polar surface area (TPSA) is 58.2 Å². The number of amides is 2. The summed E-state index contributed by atoms with van der Waals surface area (Å²) in [4.78, 5) is 25.7. The summed E-state index contributed by atoms with van der Waals surface area (Å²) in [5.74, 6) is -4.42. The van der Waals surface area contributed by atoms with Crippen LogP contribution in [0.3, 0.4) is 0 Å². The Morgan fingerprint density at radius 3 is 2.05 bits per heavy atom. The van der Waals surface area contributed by atoms with Crippen LogP contribution >= 0.6 is 58.0 Å². The number of halogens is 9. The second-order valence-corrected chi connectivity index (χ2v) is 10.9. The van der Waals surface area contributed by atoms with E-state index in [2.05, 4.69) is 10.6 Å². The molecule has 3 aromatic rings. The Balaban J connectivity index is 1.52. The molecule has 37 heavy (non-hydrogen) atoms. The summed E-state index contributed by atoms with van der Waals surface area (Å²) in [6, 6.07) is 10.7. The average molecular weight is 615 g/mol. The zero-order valence-electron chi connectivity index (χ0n) is 18.1. The molecule has 1 aliphatic carbocycles. The third-order valence-corrected chi connectivity index (χ3v) is 7.29. The normalized spacial score (nSPS) is 18.3. The van der Waals surface area contributed by atoms with Crippen molar-refractivity contribution in [2.45, 2.75) is 16.4 Å². The van der Waals surface area contributed by atoms with Crippen LogP contribution in [0.15, 0.2) is 54.6 Å². The fraction of sp³-hybridized carbons (Fsp3) is 0.167. The predicted octanol–water partition coefficient (Wildman–Crippen LogP) is 8.58. The average Bonchev–Trinajstić information content (AvgIpc) is 3.37. The second kappa shape index (κ2) is 10.2. The van der Waals surface area contributed by atoms with Crippen molar-refractivity contribution in [2.24, 2.45) is 5.92 Å². The third-order valence-electron chi connectivity index (χ3n) is 5.59. The van der Waals surface area contributed by atoms with E-state index < -0.39 is 45.5 Å². The van der Waals surface area contributed by atoms with E-state index in [4.69, 9.17) is 58.0 Å². The van der Waals surface area contributed by atoms with Crippen molar-refractivity contribution in [1.29, 1.82) is 0 Å². The van der Waals surface area contributed by atoms with E-state index in [0.717, 1.165) is 6.07 Å². The van der Waals surface area contributed by atoms with Crippen molar-refractivity contribution in [1.82, 2.24) is 0 Å². The molecule has 0 aromatic heterocycles. The minimum absolute atomic E-state index is 0.0458. The number of rotatable bonds is 5. The maximum absolute atomic E-state index is 13.5. The molecule has 13 heteroatoms. The zero-order valence-corrected chi connectivity index (χ0v) is 21.8.